The molecule has 20 heavy (non-hydrogen) atoms. The summed E-state index contributed by atoms with van der Waals surface area (Å²) in [6.07, 6.45) is 4.84. The predicted octanol–water partition coefficient (Wildman–Crippen LogP) is 3.56. The van der Waals surface area contributed by atoms with Gasteiger partial charge in [-0.15, -0.1) is 0 Å². The van der Waals surface area contributed by atoms with Crippen molar-refractivity contribution < 1.29 is 9.90 Å². The van der Waals surface area contributed by atoms with Gasteiger partial charge < -0.3 is 5.11 Å². The number of fused-ring (bicyclic) bond motifs is 2. The minimum atomic E-state index is -0.652. The number of rotatable bonds is 4. The number of carboxylic acid groups (broad SMARTS) is 1. The van der Waals surface area contributed by atoms with Gasteiger partial charge in [-0.2, -0.15) is 0 Å². The van der Waals surface area contributed by atoms with Gasteiger partial charge in [0.2, 0.25) is 0 Å². The summed E-state index contributed by atoms with van der Waals surface area (Å²) >= 11 is 5.92. The van der Waals surface area contributed by atoms with Crippen molar-refractivity contribution >= 4 is 17.6 Å². The van der Waals surface area contributed by atoms with Gasteiger partial charge in [-0.1, -0.05) is 23.7 Å². The minimum Gasteiger partial charge on any atom is -0.481 e. The van der Waals surface area contributed by atoms with Crippen LogP contribution in [0.4, 0.5) is 0 Å². The van der Waals surface area contributed by atoms with Crippen molar-refractivity contribution in [1.29, 1.82) is 0 Å². The van der Waals surface area contributed by atoms with E-state index in [1.54, 1.807) is 0 Å². The fourth-order valence-electron chi connectivity index (χ4n) is 3.86. The summed E-state index contributed by atoms with van der Waals surface area (Å²) in [5.41, 5.74) is 1.29. The van der Waals surface area contributed by atoms with Gasteiger partial charge in [0.25, 0.3) is 0 Å². The zero-order valence-corrected chi connectivity index (χ0v) is 12.2. The highest BCUT2D eigenvalue weighted by Crippen LogP contribution is 2.40. The van der Waals surface area contributed by atoms with Crippen molar-refractivity contribution in [2.45, 2.75) is 50.7 Å². The van der Waals surface area contributed by atoms with Crippen molar-refractivity contribution in [3.05, 3.63) is 34.9 Å². The van der Waals surface area contributed by atoms with Crippen LogP contribution in [0.1, 0.15) is 37.7 Å². The molecule has 108 valence electrons. The molecular weight excluding hydrogens is 274 g/mol. The highest BCUT2D eigenvalue weighted by atomic mass is 35.5. The quantitative estimate of drug-likeness (QED) is 0.923. The lowest BCUT2D eigenvalue weighted by Gasteiger charge is -2.38. The lowest BCUT2D eigenvalue weighted by atomic mass is 9.88. The molecule has 1 aromatic carbocycles. The molecule has 2 unspecified atom stereocenters. The highest BCUT2D eigenvalue weighted by molar-refractivity contribution is 6.30. The Kier molecular flexibility index (Phi) is 3.99. The SMILES string of the molecule is O=C(O)CC1CC2CCC(C1)N2Cc1ccc(Cl)cc1. The Morgan fingerprint density at radius 2 is 1.80 bits per heavy atom. The minimum absolute atomic E-state index is 0.335. The molecule has 3 nitrogen and oxygen atoms in total. The highest BCUT2D eigenvalue weighted by Gasteiger charge is 2.40. The fraction of sp³-hybridized carbons (Fsp3) is 0.562. The van der Waals surface area contributed by atoms with Gasteiger partial charge in [-0.25, -0.2) is 0 Å². The molecule has 2 bridgehead atoms. The molecule has 1 aromatic rings. The van der Waals surface area contributed by atoms with E-state index in [0.717, 1.165) is 24.4 Å². The lowest BCUT2D eigenvalue weighted by molar-refractivity contribution is -0.138. The van der Waals surface area contributed by atoms with Crippen LogP contribution in [0.15, 0.2) is 24.3 Å². The number of aliphatic carboxylic acids is 1. The van der Waals surface area contributed by atoms with Crippen LogP contribution in [0, 0.1) is 5.92 Å². The molecule has 0 saturated carbocycles. The molecule has 0 spiro atoms. The third-order valence-corrected chi connectivity index (χ3v) is 4.98. The lowest BCUT2D eigenvalue weighted by Crippen LogP contribution is -2.42. The first-order valence-electron chi connectivity index (χ1n) is 7.34. The van der Waals surface area contributed by atoms with Crippen molar-refractivity contribution in [2.24, 2.45) is 5.92 Å². The van der Waals surface area contributed by atoms with E-state index in [2.05, 4.69) is 17.0 Å². The number of hydrogen-bond donors (Lipinski definition) is 1. The van der Waals surface area contributed by atoms with E-state index in [0.29, 0.717) is 24.4 Å². The van der Waals surface area contributed by atoms with Gasteiger partial charge in [-0.05, 0) is 49.3 Å². The van der Waals surface area contributed by atoms with Gasteiger partial charge >= 0.3 is 5.97 Å². The zero-order chi connectivity index (χ0) is 14.1. The summed E-state index contributed by atoms with van der Waals surface area (Å²) in [5.74, 6) is -0.285. The van der Waals surface area contributed by atoms with E-state index in [1.165, 1.54) is 18.4 Å². The maximum absolute atomic E-state index is 10.9. The van der Waals surface area contributed by atoms with E-state index in [1.807, 2.05) is 12.1 Å². The summed E-state index contributed by atoms with van der Waals surface area (Å²) in [5, 5.41) is 9.73. The van der Waals surface area contributed by atoms with Crippen LogP contribution < -0.4 is 0 Å². The van der Waals surface area contributed by atoms with Gasteiger partial charge in [0, 0.05) is 30.1 Å². The fourth-order valence-corrected chi connectivity index (χ4v) is 3.99. The van der Waals surface area contributed by atoms with Crippen LogP contribution >= 0.6 is 11.6 Å². The van der Waals surface area contributed by atoms with E-state index in [9.17, 15) is 4.79 Å². The number of piperidine rings is 1. The first-order valence-corrected chi connectivity index (χ1v) is 7.71. The average Bonchev–Trinajstić information content (AvgIpc) is 2.63. The maximum Gasteiger partial charge on any atom is 0.303 e. The largest absolute Gasteiger partial charge is 0.481 e. The molecule has 4 heteroatoms. The van der Waals surface area contributed by atoms with E-state index >= 15 is 0 Å². The second-order valence-electron chi connectivity index (χ2n) is 6.12. The molecule has 0 aromatic heterocycles. The predicted molar refractivity (Wildman–Crippen MR) is 78.8 cm³/mol. The molecule has 2 saturated heterocycles. The second kappa shape index (κ2) is 5.74. The topological polar surface area (TPSA) is 40.5 Å². The summed E-state index contributed by atoms with van der Waals surface area (Å²) in [7, 11) is 0. The van der Waals surface area contributed by atoms with Crippen molar-refractivity contribution in [2.75, 3.05) is 0 Å². The molecule has 1 N–H and O–H groups in total. The number of halogens is 1. The van der Waals surface area contributed by atoms with Gasteiger partial charge in [0.15, 0.2) is 0 Å². The summed E-state index contributed by atoms with van der Waals surface area (Å²) in [6.45, 7) is 0.965. The van der Waals surface area contributed by atoms with Crippen LogP contribution in [-0.2, 0) is 11.3 Å². The van der Waals surface area contributed by atoms with Crippen LogP contribution in [0.5, 0.6) is 0 Å². The Morgan fingerprint density at radius 3 is 2.35 bits per heavy atom. The Morgan fingerprint density at radius 1 is 1.20 bits per heavy atom. The first kappa shape index (κ1) is 13.9. The third-order valence-electron chi connectivity index (χ3n) is 4.72. The molecule has 2 heterocycles. The molecule has 2 aliphatic rings. The number of carboxylic acids is 1. The Labute approximate surface area is 124 Å². The van der Waals surface area contributed by atoms with E-state index in [-0.39, 0.29) is 0 Å². The monoisotopic (exact) mass is 293 g/mol. The summed E-state index contributed by atoms with van der Waals surface area (Å²) in [6, 6.07) is 9.19. The van der Waals surface area contributed by atoms with Crippen LogP contribution in [-0.4, -0.2) is 28.1 Å². The first-order chi connectivity index (χ1) is 9.61. The number of carbonyl (C=O) groups is 1. The van der Waals surface area contributed by atoms with Crippen LogP contribution in [0.25, 0.3) is 0 Å². The van der Waals surface area contributed by atoms with E-state index in [4.69, 9.17) is 16.7 Å². The van der Waals surface area contributed by atoms with Crippen molar-refractivity contribution in [1.82, 2.24) is 4.90 Å². The molecular formula is C16H20ClNO2. The zero-order valence-electron chi connectivity index (χ0n) is 11.5. The summed E-state index contributed by atoms with van der Waals surface area (Å²) in [4.78, 5) is 13.5. The van der Waals surface area contributed by atoms with Crippen molar-refractivity contribution in [3.8, 4) is 0 Å². The molecule has 2 atom stereocenters. The third kappa shape index (κ3) is 2.99. The Hall–Kier alpha value is -1.06. The van der Waals surface area contributed by atoms with Gasteiger partial charge in [0.1, 0.15) is 0 Å². The number of hydrogen-bond acceptors (Lipinski definition) is 2. The number of benzene rings is 1. The van der Waals surface area contributed by atoms with E-state index < -0.39 is 5.97 Å². The molecule has 0 amide bonds. The second-order valence-corrected chi connectivity index (χ2v) is 6.56. The Bertz CT molecular complexity index is 474. The van der Waals surface area contributed by atoms with Gasteiger partial charge in [0.05, 0.1) is 0 Å². The van der Waals surface area contributed by atoms with Gasteiger partial charge in [-0.3, -0.25) is 9.69 Å². The molecule has 2 aliphatic heterocycles. The normalized spacial score (nSPS) is 29.6. The average molecular weight is 294 g/mol. The molecule has 0 aliphatic carbocycles. The Balaban J connectivity index is 1.65. The van der Waals surface area contributed by atoms with Crippen LogP contribution in [0.2, 0.25) is 5.02 Å². The standard InChI is InChI=1S/C16H20ClNO2/c17-13-3-1-11(2-4-13)10-18-14-5-6-15(18)8-12(7-14)9-16(19)20/h1-4,12,14-15H,5-10H2,(H,19,20). The maximum atomic E-state index is 10.9. The molecule has 2 fully saturated rings. The molecule has 3 rings (SSSR count). The van der Waals surface area contributed by atoms with Crippen LogP contribution in [0.3, 0.4) is 0 Å². The summed E-state index contributed by atoms with van der Waals surface area (Å²) < 4.78 is 0. The number of nitrogens with zero attached hydrogens (tertiary/aromatic N) is 1. The smallest absolute Gasteiger partial charge is 0.303 e. The molecule has 0 radical (unpaired) electrons. The van der Waals surface area contributed by atoms with Crippen molar-refractivity contribution in [3.63, 3.8) is 0 Å².